The Kier molecular flexibility index (Phi) is 3.60. The Labute approximate surface area is 124 Å². The first-order valence-corrected chi connectivity index (χ1v) is 6.95. The lowest BCUT2D eigenvalue weighted by atomic mass is 10.0. The van der Waals surface area contributed by atoms with Crippen LogP contribution in [0, 0.1) is 6.92 Å². The molecule has 4 heteroatoms. The van der Waals surface area contributed by atoms with Crippen molar-refractivity contribution in [2.45, 2.75) is 13.0 Å². The average molecular weight is 285 g/mol. The number of benzene rings is 2. The highest BCUT2D eigenvalue weighted by molar-refractivity contribution is 5.63. The third kappa shape index (κ3) is 2.49. The molecule has 1 heterocycles. The van der Waals surface area contributed by atoms with E-state index >= 15 is 0 Å². The predicted molar refractivity (Wildman–Crippen MR) is 82.6 cm³/mol. The first kappa shape index (κ1) is 13.6. The number of hydrogen-bond donors (Lipinski definition) is 1. The van der Waals surface area contributed by atoms with Crippen LogP contribution in [0.25, 0.3) is 0 Å². The van der Waals surface area contributed by atoms with Crippen molar-refractivity contribution >= 4 is 5.69 Å². The van der Waals surface area contributed by atoms with Crippen molar-refractivity contribution in [1.29, 1.82) is 0 Å². The molecule has 0 aromatic heterocycles. The van der Waals surface area contributed by atoms with Gasteiger partial charge in [0.05, 0.1) is 26.5 Å². The highest BCUT2D eigenvalue weighted by Crippen LogP contribution is 2.39. The third-order valence-corrected chi connectivity index (χ3v) is 3.76. The highest BCUT2D eigenvalue weighted by atomic mass is 16.5. The summed E-state index contributed by atoms with van der Waals surface area (Å²) in [7, 11) is 3.30. The highest BCUT2D eigenvalue weighted by Gasteiger charge is 2.24. The van der Waals surface area contributed by atoms with Crippen molar-refractivity contribution in [2.75, 3.05) is 26.1 Å². The van der Waals surface area contributed by atoms with E-state index in [0.29, 0.717) is 6.54 Å². The second-order valence-electron chi connectivity index (χ2n) is 5.04. The zero-order valence-corrected chi connectivity index (χ0v) is 12.5. The molecule has 1 aliphatic heterocycles. The minimum absolute atomic E-state index is 0.0832. The molecule has 0 amide bonds. The molecule has 0 aliphatic carbocycles. The summed E-state index contributed by atoms with van der Waals surface area (Å²) >= 11 is 0. The fourth-order valence-corrected chi connectivity index (χ4v) is 2.61. The lowest BCUT2D eigenvalue weighted by molar-refractivity contribution is 0.205. The van der Waals surface area contributed by atoms with E-state index in [1.54, 1.807) is 14.2 Å². The number of methoxy groups -OCH3 is 2. The standard InChI is InChI=1S/C17H19NO3/c1-11-5-4-6-14-17(11)18-10-16(21-14)13-8-7-12(19-2)9-15(13)20-3/h4-9,16,18H,10H2,1-3H3. The molecule has 21 heavy (non-hydrogen) atoms. The molecule has 0 bridgehead atoms. The number of fused-ring (bicyclic) bond motifs is 1. The summed E-state index contributed by atoms with van der Waals surface area (Å²) in [5, 5.41) is 3.45. The summed E-state index contributed by atoms with van der Waals surface area (Å²) in [6.45, 7) is 2.78. The van der Waals surface area contributed by atoms with Gasteiger partial charge >= 0.3 is 0 Å². The van der Waals surface area contributed by atoms with Crippen molar-refractivity contribution < 1.29 is 14.2 Å². The van der Waals surface area contributed by atoms with Gasteiger partial charge in [-0.2, -0.15) is 0 Å². The third-order valence-electron chi connectivity index (χ3n) is 3.76. The fourth-order valence-electron chi connectivity index (χ4n) is 2.61. The number of aryl methyl sites for hydroxylation is 1. The van der Waals surface area contributed by atoms with Crippen LogP contribution in [0.4, 0.5) is 5.69 Å². The number of rotatable bonds is 3. The van der Waals surface area contributed by atoms with E-state index in [9.17, 15) is 0 Å². The van der Waals surface area contributed by atoms with E-state index in [1.807, 2.05) is 30.3 Å². The Morgan fingerprint density at radius 1 is 1.14 bits per heavy atom. The molecule has 1 N–H and O–H groups in total. The van der Waals surface area contributed by atoms with Gasteiger partial charge in [0.1, 0.15) is 23.4 Å². The predicted octanol–water partition coefficient (Wildman–Crippen LogP) is 3.56. The molecule has 2 aromatic carbocycles. The van der Waals surface area contributed by atoms with Gasteiger partial charge in [0.15, 0.2) is 0 Å². The van der Waals surface area contributed by atoms with Gasteiger partial charge in [-0.15, -0.1) is 0 Å². The van der Waals surface area contributed by atoms with Crippen LogP contribution >= 0.6 is 0 Å². The SMILES string of the molecule is COc1ccc(C2CNc3c(C)cccc3O2)c(OC)c1. The zero-order chi connectivity index (χ0) is 14.8. The summed E-state index contributed by atoms with van der Waals surface area (Å²) < 4.78 is 16.8. The van der Waals surface area contributed by atoms with Crippen LogP contribution in [-0.2, 0) is 0 Å². The molecule has 110 valence electrons. The second kappa shape index (κ2) is 5.56. The number of para-hydroxylation sites is 1. The van der Waals surface area contributed by atoms with Crippen molar-refractivity contribution in [3.63, 3.8) is 0 Å². The first-order chi connectivity index (χ1) is 10.2. The van der Waals surface area contributed by atoms with Crippen LogP contribution in [0.5, 0.6) is 17.2 Å². The molecule has 0 saturated heterocycles. The molecular weight excluding hydrogens is 266 g/mol. The van der Waals surface area contributed by atoms with Crippen molar-refractivity contribution in [3.05, 3.63) is 47.5 Å². The fraction of sp³-hybridized carbons (Fsp3) is 0.294. The van der Waals surface area contributed by atoms with E-state index in [0.717, 1.165) is 28.5 Å². The van der Waals surface area contributed by atoms with Crippen LogP contribution in [0.1, 0.15) is 17.2 Å². The van der Waals surface area contributed by atoms with Crippen molar-refractivity contribution in [3.8, 4) is 17.2 Å². The Hall–Kier alpha value is -2.36. The molecule has 0 radical (unpaired) electrons. The lowest BCUT2D eigenvalue weighted by Crippen LogP contribution is -2.24. The molecule has 4 nitrogen and oxygen atoms in total. The summed E-state index contributed by atoms with van der Waals surface area (Å²) in [5.74, 6) is 2.43. The smallest absolute Gasteiger partial charge is 0.145 e. The van der Waals surface area contributed by atoms with E-state index in [-0.39, 0.29) is 6.10 Å². The largest absolute Gasteiger partial charge is 0.497 e. The van der Waals surface area contributed by atoms with E-state index in [4.69, 9.17) is 14.2 Å². The first-order valence-electron chi connectivity index (χ1n) is 6.95. The Morgan fingerprint density at radius 2 is 2.00 bits per heavy atom. The zero-order valence-electron chi connectivity index (χ0n) is 12.5. The summed E-state index contributed by atoms with van der Waals surface area (Å²) in [6.07, 6.45) is -0.0832. The minimum atomic E-state index is -0.0832. The molecule has 1 aliphatic rings. The van der Waals surface area contributed by atoms with Crippen LogP contribution in [0.15, 0.2) is 36.4 Å². The number of nitrogens with one attached hydrogen (secondary N) is 1. The molecule has 3 rings (SSSR count). The van der Waals surface area contributed by atoms with E-state index in [1.165, 1.54) is 5.56 Å². The minimum Gasteiger partial charge on any atom is -0.497 e. The number of hydrogen-bond acceptors (Lipinski definition) is 4. The Morgan fingerprint density at radius 3 is 2.76 bits per heavy atom. The van der Waals surface area contributed by atoms with Crippen LogP contribution in [0.2, 0.25) is 0 Å². The van der Waals surface area contributed by atoms with Crippen LogP contribution in [-0.4, -0.2) is 20.8 Å². The van der Waals surface area contributed by atoms with Crippen LogP contribution < -0.4 is 19.5 Å². The maximum atomic E-state index is 6.13. The maximum absolute atomic E-state index is 6.13. The lowest BCUT2D eigenvalue weighted by Gasteiger charge is -2.29. The summed E-state index contributed by atoms with van der Waals surface area (Å²) in [4.78, 5) is 0. The second-order valence-corrected chi connectivity index (χ2v) is 5.04. The topological polar surface area (TPSA) is 39.7 Å². The van der Waals surface area contributed by atoms with Gasteiger partial charge in [0, 0.05) is 11.6 Å². The quantitative estimate of drug-likeness (QED) is 0.936. The molecule has 2 aromatic rings. The average Bonchev–Trinajstić information content (AvgIpc) is 2.54. The summed E-state index contributed by atoms with van der Waals surface area (Å²) in [5.41, 5.74) is 3.27. The van der Waals surface area contributed by atoms with Gasteiger partial charge in [-0.05, 0) is 30.7 Å². The molecular formula is C17H19NO3. The van der Waals surface area contributed by atoms with Crippen molar-refractivity contribution in [1.82, 2.24) is 0 Å². The van der Waals surface area contributed by atoms with Crippen LogP contribution in [0.3, 0.4) is 0 Å². The monoisotopic (exact) mass is 285 g/mol. The molecule has 1 atom stereocenters. The normalized spacial score (nSPS) is 16.4. The van der Waals surface area contributed by atoms with Gasteiger partial charge < -0.3 is 19.5 Å². The summed E-state index contributed by atoms with van der Waals surface area (Å²) in [6, 6.07) is 11.9. The molecule has 0 spiro atoms. The Bertz CT molecular complexity index is 654. The van der Waals surface area contributed by atoms with E-state index in [2.05, 4.69) is 18.3 Å². The van der Waals surface area contributed by atoms with Gasteiger partial charge in [-0.25, -0.2) is 0 Å². The Balaban J connectivity index is 1.93. The molecule has 0 saturated carbocycles. The molecule has 1 unspecified atom stereocenters. The van der Waals surface area contributed by atoms with Crippen molar-refractivity contribution in [2.24, 2.45) is 0 Å². The van der Waals surface area contributed by atoms with Gasteiger partial charge in [-0.3, -0.25) is 0 Å². The van der Waals surface area contributed by atoms with Gasteiger partial charge in [0.25, 0.3) is 0 Å². The maximum Gasteiger partial charge on any atom is 0.145 e. The van der Waals surface area contributed by atoms with E-state index < -0.39 is 0 Å². The number of anilines is 1. The van der Waals surface area contributed by atoms with Gasteiger partial charge in [0.2, 0.25) is 0 Å². The molecule has 0 fully saturated rings. The number of ether oxygens (including phenoxy) is 3. The van der Waals surface area contributed by atoms with Gasteiger partial charge in [-0.1, -0.05) is 12.1 Å².